The van der Waals surface area contributed by atoms with Gasteiger partial charge in [0.2, 0.25) is 5.91 Å². The van der Waals surface area contributed by atoms with Gasteiger partial charge in [0.05, 0.1) is 0 Å². The molecule has 2 aromatic rings. The number of carbonyl (C=O) groups excluding carboxylic acids is 1. The van der Waals surface area contributed by atoms with Gasteiger partial charge >= 0.3 is 0 Å². The summed E-state index contributed by atoms with van der Waals surface area (Å²) in [5.41, 5.74) is 2.38. The summed E-state index contributed by atoms with van der Waals surface area (Å²) in [6, 6.07) is 10.2. The van der Waals surface area contributed by atoms with Gasteiger partial charge in [-0.25, -0.2) is 0 Å². The Kier molecular flexibility index (Phi) is 9.26. The number of aryl methyl sites for hydroxylation is 1. The summed E-state index contributed by atoms with van der Waals surface area (Å²) in [4.78, 5) is 18.1. The number of carbonyl (C=O) groups is 1. The highest BCUT2D eigenvalue weighted by Crippen LogP contribution is 2.17. The zero-order chi connectivity index (χ0) is 18.9. The van der Waals surface area contributed by atoms with Gasteiger partial charge < -0.3 is 15.5 Å². The largest absolute Gasteiger partial charge is 0.356 e. The molecule has 0 unspecified atom stereocenters. The minimum absolute atomic E-state index is 0. The molecular weight excluding hydrogens is 467 g/mol. The predicted octanol–water partition coefficient (Wildman–Crippen LogP) is 2.38. The molecule has 152 valence electrons. The predicted molar refractivity (Wildman–Crippen MR) is 122 cm³/mol. The highest BCUT2D eigenvalue weighted by atomic mass is 127. The normalized spacial score (nSPS) is 14.1. The Bertz CT molecular complexity index is 762. The second kappa shape index (κ2) is 11.7. The van der Waals surface area contributed by atoms with E-state index >= 15 is 0 Å². The van der Waals surface area contributed by atoms with E-state index in [-0.39, 0.29) is 29.9 Å². The number of rotatable bonds is 8. The van der Waals surface area contributed by atoms with Crippen LogP contribution >= 0.6 is 24.0 Å². The summed E-state index contributed by atoms with van der Waals surface area (Å²) in [6.45, 7) is 3.93. The summed E-state index contributed by atoms with van der Waals surface area (Å²) in [6.07, 6.45) is 6.37. The average Bonchev–Trinajstić information content (AvgIpc) is 3.34. The molecule has 1 amide bonds. The second-order valence-electron chi connectivity index (χ2n) is 6.66. The highest BCUT2D eigenvalue weighted by molar-refractivity contribution is 14.0. The maximum Gasteiger partial charge on any atom is 0.222 e. The number of aromatic nitrogens is 2. The molecule has 3 rings (SSSR count). The molecular formula is C20H29IN6O. The molecule has 0 spiro atoms. The number of nitrogens with one attached hydrogen (secondary N) is 2. The van der Waals surface area contributed by atoms with Crippen molar-refractivity contribution in [3.63, 3.8) is 0 Å². The number of benzene rings is 1. The van der Waals surface area contributed by atoms with Gasteiger partial charge in [-0.1, -0.05) is 24.3 Å². The van der Waals surface area contributed by atoms with E-state index in [4.69, 9.17) is 0 Å². The highest BCUT2D eigenvalue weighted by Gasteiger charge is 2.20. The summed E-state index contributed by atoms with van der Waals surface area (Å²) < 4.78 is 1.92. The van der Waals surface area contributed by atoms with Crippen molar-refractivity contribution >= 4 is 35.8 Å². The fourth-order valence-corrected chi connectivity index (χ4v) is 3.24. The third kappa shape index (κ3) is 6.50. The van der Waals surface area contributed by atoms with Crippen LogP contribution in [-0.4, -0.2) is 46.7 Å². The number of likely N-dealkylation sites (tertiary alicyclic amines) is 1. The molecule has 1 aromatic carbocycles. The zero-order valence-electron chi connectivity index (χ0n) is 16.3. The maximum absolute atomic E-state index is 11.9. The molecule has 0 bridgehead atoms. The molecule has 8 heteroatoms. The van der Waals surface area contributed by atoms with Gasteiger partial charge in [-0.15, -0.1) is 24.0 Å². The molecule has 7 nitrogen and oxygen atoms in total. The van der Waals surface area contributed by atoms with Crippen molar-refractivity contribution in [2.45, 2.75) is 38.9 Å². The first kappa shape index (κ1) is 22.2. The molecule has 1 saturated heterocycles. The molecule has 28 heavy (non-hydrogen) atoms. The van der Waals surface area contributed by atoms with Crippen LogP contribution in [0.4, 0.5) is 0 Å². The van der Waals surface area contributed by atoms with Gasteiger partial charge in [-0.05, 0) is 30.0 Å². The average molecular weight is 496 g/mol. The molecule has 1 fully saturated rings. The quantitative estimate of drug-likeness (QED) is 0.255. The number of amides is 1. The van der Waals surface area contributed by atoms with Crippen molar-refractivity contribution in [1.82, 2.24) is 25.3 Å². The van der Waals surface area contributed by atoms with Gasteiger partial charge in [0.25, 0.3) is 0 Å². The lowest BCUT2D eigenvalue weighted by Crippen LogP contribution is -2.37. The Morgan fingerprint density at radius 3 is 2.71 bits per heavy atom. The number of nitrogens with zero attached hydrogens (tertiary/aromatic N) is 4. The Morgan fingerprint density at radius 2 is 2.04 bits per heavy atom. The maximum atomic E-state index is 11.9. The van der Waals surface area contributed by atoms with Crippen molar-refractivity contribution in [3.8, 4) is 0 Å². The van der Waals surface area contributed by atoms with Crippen LogP contribution in [0.1, 0.15) is 30.4 Å². The van der Waals surface area contributed by atoms with Crippen LogP contribution < -0.4 is 10.6 Å². The van der Waals surface area contributed by atoms with Crippen molar-refractivity contribution in [1.29, 1.82) is 0 Å². The first-order valence-electron chi connectivity index (χ1n) is 9.53. The molecule has 0 radical (unpaired) electrons. The summed E-state index contributed by atoms with van der Waals surface area (Å²) in [5.74, 6) is 1.04. The van der Waals surface area contributed by atoms with Crippen LogP contribution in [0.5, 0.6) is 0 Å². The molecule has 1 aliphatic rings. The number of aliphatic imine (C=N–C) groups is 1. The van der Waals surface area contributed by atoms with E-state index in [0.29, 0.717) is 19.5 Å². The summed E-state index contributed by atoms with van der Waals surface area (Å²) in [7, 11) is 1.78. The molecule has 1 aromatic heterocycles. The van der Waals surface area contributed by atoms with E-state index in [1.807, 2.05) is 34.0 Å². The number of guanidine groups is 1. The van der Waals surface area contributed by atoms with E-state index in [2.05, 4.69) is 32.9 Å². The van der Waals surface area contributed by atoms with Crippen molar-refractivity contribution in [2.24, 2.45) is 4.99 Å². The lowest BCUT2D eigenvalue weighted by Gasteiger charge is -2.19. The van der Waals surface area contributed by atoms with Gasteiger partial charge in [0.15, 0.2) is 5.96 Å². The zero-order valence-corrected chi connectivity index (χ0v) is 18.6. The molecule has 0 saturated carbocycles. The Labute approximate surface area is 183 Å². The molecule has 1 aliphatic heterocycles. The third-order valence-corrected chi connectivity index (χ3v) is 4.74. The summed E-state index contributed by atoms with van der Waals surface area (Å²) >= 11 is 0. The van der Waals surface area contributed by atoms with Crippen LogP contribution in [0.3, 0.4) is 0 Å². The van der Waals surface area contributed by atoms with Gasteiger partial charge in [0.1, 0.15) is 0 Å². The van der Waals surface area contributed by atoms with Crippen LogP contribution in [-0.2, 0) is 24.4 Å². The molecule has 2 heterocycles. The Morgan fingerprint density at radius 1 is 1.21 bits per heavy atom. The van der Waals surface area contributed by atoms with Crippen molar-refractivity contribution < 1.29 is 4.79 Å². The van der Waals surface area contributed by atoms with Gasteiger partial charge in [-0.2, -0.15) is 5.10 Å². The van der Waals surface area contributed by atoms with Crippen LogP contribution in [0.15, 0.2) is 47.7 Å². The Balaban J connectivity index is 0.00000280. The first-order chi connectivity index (χ1) is 13.3. The van der Waals surface area contributed by atoms with E-state index in [9.17, 15) is 4.79 Å². The van der Waals surface area contributed by atoms with E-state index < -0.39 is 0 Å². The Hall–Kier alpha value is -2.10. The van der Waals surface area contributed by atoms with Crippen LogP contribution in [0.2, 0.25) is 0 Å². The minimum atomic E-state index is 0. The first-order valence-corrected chi connectivity index (χ1v) is 9.53. The minimum Gasteiger partial charge on any atom is -0.356 e. The fraction of sp³-hybridized carbons (Fsp3) is 0.450. The fourth-order valence-electron chi connectivity index (χ4n) is 3.24. The topological polar surface area (TPSA) is 74.6 Å². The van der Waals surface area contributed by atoms with Crippen LogP contribution in [0.25, 0.3) is 0 Å². The molecule has 0 aliphatic carbocycles. The van der Waals surface area contributed by atoms with E-state index in [1.165, 1.54) is 11.1 Å². The number of hydrogen-bond donors (Lipinski definition) is 2. The molecule has 2 N–H and O–H groups in total. The number of hydrogen-bond acceptors (Lipinski definition) is 3. The standard InChI is InChI=1S/C20H28N6O.HI/c1-21-20(22-10-5-13-26-14-6-11-24-26)23-15-17-7-2-3-8-18(17)16-25-12-4-9-19(25)27;/h2-3,6-8,11,14H,4-5,9-10,12-13,15-16H2,1H3,(H2,21,22,23);1H. The smallest absolute Gasteiger partial charge is 0.222 e. The van der Waals surface area contributed by atoms with Crippen molar-refractivity contribution in [3.05, 3.63) is 53.9 Å². The second-order valence-corrected chi connectivity index (χ2v) is 6.66. The van der Waals surface area contributed by atoms with E-state index in [1.54, 1.807) is 13.2 Å². The van der Waals surface area contributed by atoms with Crippen LogP contribution in [0, 0.1) is 0 Å². The van der Waals surface area contributed by atoms with Crippen molar-refractivity contribution in [2.75, 3.05) is 20.1 Å². The lowest BCUT2D eigenvalue weighted by atomic mass is 10.1. The summed E-state index contributed by atoms with van der Waals surface area (Å²) in [5, 5.41) is 10.9. The third-order valence-electron chi connectivity index (χ3n) is 4.74. The van der Waals surface area contributed by atoms with E-state index in [0.717, 1.165) is 38.4 Å². The number of halogens is 1. The molecule has 0 atom stereocenters. The van der Waals surface area contributed by atoms with Gasteiger partial charge in [0, 0.05) is 58.6 Å². The van der Waals surface area contributed by atoms with Gasteiger partial charge in [-0.3, -0.25) is 14.5 Å². The SMILES string of the molecule is CN=C(NCCCn1cccn1)NCc1ccccc1CN1CCCC1=O.I. The lowest BCUT2D eigenvalue weighted by molar-refractivity contribution is -0.128. The monoisotopic (exact) mass is 496 g/mol.